The highest BCUT2D eigenvalue weighted by molar-refractivity contribution is 7.99. The number of hydrogen-bond donors (Lipinski definition) is 2. The lowest BCUT2D eigenvalue weighted by Gasteiger charge is -2.25. The van der Waals surface area contributed by atoms with Crippen molar-refractivity contribution in [3.63, 3.8) is 0 Å². The Balaban J connectivity index is 2.29. The van der Waals surface area contributed by atoms with E-state index in [2.05, 4.69) is 0 Å². The molecule has 0 aliphatic carbocycles. The van der Waals surface area contributed by atoms with Gasteiger partial charge < -0.3 is 0 Å². The van der Waals surface area contributed by atoms with Gasteiger partial charge in [0.1, 0.15) is 0 Å². The summed E-state index contributed by atoms with van der Waals surface area (Å²) < 4.78 is 26.0. The van der Waals surface area contributed by atoms with Gasteiger partial charge in [0, 0.05) is 24.6 Å². The smallest absolute Gasteiger partial charge is 0.243 e. The fourth-order valence-electron chi connectivity index (χ4n) is 1.66. The van der Waals surface area contributed by atoms with Crippen LogP contribution < -0.4 is 5.48 Å². The van der Waals surface area contributed by atoms with E-state index in [0.29, 0.717) is 18.8 Å². The van der Waals surface area contributed by atoms with Crippen LogP contribution in [0.25, 0.3) is 0 Å². The number of thioether (sulfide) groups is 1. The Morgan fingerprint density at radius 2 is 2.00 bits per heavy atom. The molecular formula is C10H14N2O3S2. The fraction of sp³-hybridized carbons (Fsp3) is 0.400. The Morgan fingerprint density at radius 1 is 1.29 bits per heavy atom. The van der Waals surface area contributed by atoms with E-state index in [4.69, 9.17) is 5.21 Å². The van der Waals surface area contributed by atoms with Crippen LogP contribution in [0.2, 0.25) is 0 Å². The quantitative estimate of drug-likeness (QED) is 0.811. The SMILES string of the molecule is O=S(=O)(c1cccc(NO)c1)N1CCSCC1. The highest BCUT2D eigenvalue weighted by atomic mass is 32.2. The molecule has 1 heterocycles. The van der Waals surface area contributed by atoms with E-state index < -0.39 is 10.0 Å². The van der Waals surface area contributed by atoms with Crippen LogP contribution in [-0.2, 0) is 10.0 Å². The van der Waals surface area contributed by atoms with Gasteiger partial charge in [0.25, 0.3) is 0 Å². The molecule has 0 bridgehead atoms. The van der Waals surface area contributed by atoms with E-state index in [1.54, 1.807) is 23.9 Å². The van der Waals surface area contributed by atoms with Gasteiger partial charge in [-0.15, -0.1) is 0 Å². The van der Waals surface area contributed by atoms with Crippen molar-refractivity contribution in [3.05, 3.63) is 24.3 Å². The van der Waals surface area contributed by atoms with Gasteiger partial charge in [0.2, 0.25) is 10.0 Å². The summed E-state index contributed by atoms with van der Waals surface area (Å²) in [6.45, 7) is 1.09. The normalized spacial score (nSPS) is 17.9. The van der Waals surface area contributed by atoms with Crippen molar-refractivity contribution in [3.8, 4) is 0 Å². The second-order valence-corrected chi connectivity index (χ2v) is 6.82. The minimum Gasteiger partial charge on any atom is -0.291 e. The number of rotatable bonds is 3. The van der Waals surface area contributed by atoms with Crippen LogP contribution in [0.15, 0.2) is 29.2 Å². The highest BCUT2D eigenvalue weighted by Crippen LogP contribution is 2.22. The summed E-state index contributed by atoms with van der Waals surface area (Å²) in [6, 6.07) is 6.17. The topological polar surface area (TPSA) is 69.6 Å². The molecule has 1 aliphatic rings. The molecule has 0 amide bonds. The standard InChI is InChI=1S/C10H14N2O3S2/c13-11-9-2-1-3-10(8-9)17(14,15)12-4-6-16-7-5-12/h1-3,8,11,13H,4-7H2. The van der Waals surface area contributed by atoms with Gasteiger partial charge in [-0.3, -0.25) is 10.7 Å². The number of nitrogens with one attached hydrogen (secondary N) is 1. The molecule has 2 N–H and O–H groups in total. The molecule has 1 saturated heterocycles. The van der Waals surface area contributed by atoms with Crippen molar-refractivity contribution in [1.29, 1.82) is 0 Å². The predicted octanol–water partition coefficient (Wildman–Crippen LogP) is 1.23. The van der Waals surface area contributed by atoms with E-state index in [0.717, 1.165) is 11.5 Å². The molecule has 1 aromatic rings. The summed E-state index contributed by atoms with van der Waals surface area (Å²) in [5.74, 6) is 1.66. The van der Waals surface area contributed by atoms with Crippen LogP contribution in [0.3, 0.4) is 0 Å². The van der Waals surface area contributed by atoms with Gasteiger partial charge in [-0.2, -0.15) is 16.1 Å². The number of anilines is 1. The summed E-state index contributed by atoms with van der Waals surface area (Å²) in [6.07, 6.45) is 0. The zero-order valence-corrected chi connectivity index (χ0v) is 10.8. The third-order valence-electron chi connectivity index (χ3n) is 2.57. The van der Waals surface area contributed by atoms with E-state index in [1.807, 2.05) is 5.48 Å². The van der Waals surface area contributed by atoms with Crippen LogP contribution in [0.5, 0.6) is 0 Å². The number of benzene rings is 1. The van der Waals surface area contributed by atoms with Crippen LogP contribution in [0, 0.1) is 0 Å². The monoisotopic (exact) mass is 274 g/mol. The van der Waals surface area contributed by atoms with Crippen molar-refractivity contribution in [2.75, 3.05) is 30.1 Å². The summed E-state index contributed by atoms with van der Waals surface area (Å²) in [5.41, 5.74) is 2.33. The lowest BCUT2D eigenvalue weighted by atomic mass is 10.3. The molecule has 94 valence electrons. The summed E-state index contributed by atoms with van der Waals surface area (Å²) >= 11 is 1.76. The summed E-state index contributed by atoms with van der Waals surface area (Å²) in [4.78, 5) is 0.212. The first kappa shape index (κ1) is 12.7. The first-order valence-electron chi connectivity index (χ1n) is 5.22. The molecule has 2 rings (SSSR count). The van der Waals surface area contributed by atoms with Gasteiger partial charge in [-0.25, -0.2) is 8.42 Å². The van der Waals surface area contributed by atoms with Crippen LogP contribution in [0.1, 0.15) is 0 Å². The Kier molecular flexibility index (Phi) is 3.93. The minimum atomic E-state index is -3.43. The first-order chi connectivity index (χ1) is 8.14. The molecule has 1 fully saturated rings. The molecule has 0 aromatic heterocycles. The predicted molar refractivity (Wildman–Crippen MR) is 67.9 cm³/mol. The lowest BCUT2D eigenvalue weighted by molar-refractivity contribution is 0.388. The van der Waals surface area contributed by atoms with Crippen LogP contribution in [-0.4, -0.2) is 42.5 Å². The van der Waals surface area contributed by atoms with Crippen LogP contribution >= 0.6 is 11.8 Å². The molecule has 0 saturated carbocycles. The minimum absolute atomic E-state index is 0.212. The molecule has 1 aliphatic heterocycles. The summed E-state index contributed by atoms with van der Waals surface area (Å²) in [5, 5.41) is 8.78. The number of hydrogen-bond acceptors (Lipinski definition) is 5. The lowest BCUT2D eigenvalue weighted by Crippen LogP contribution is -2.37. The average Bonchev–Trinajstić information content (AvgIpc) is 2.40. The molecule has 0 unspecified atom stereocenters. The maximum Gasteiger partial charge on any atom is 0.243 e. The van der Waals surface area contributed by atoms with E-state index in [-0.39, 0.29) is 4.90 Å². The zero-order valence-electron chi connectivity index (χ0n) is 9.17. The molecule has 0 radical (unpaired) electrons. The van der Waals surface area contributed by atoms with E-state index >= 15 is 0 Å². The van der Waals surface area contributed by atoms with Gasteiger partial charge in [0.05, 0.1) is 10.6 Å². The second kappa shape index (κ2) is 5.26. The Labute approximate surface area is 105 Å². The number of nitrogens with zero attached hydrogens (tertiary/aromatic N) is 1. The maximum absolute atomic E-state index is 12.3. The van der Waals surface area contributed by atoms with Crippen molar-refractivity contribution in [2.45, 2.75) is 4.90 Å². The number of sulfonamides is 1. The average molecular weight is 274 g/mol. The molecule has 1 aromatic carbocycles. The van der Waals surface area contributed by atoms with E-state index in [1.165, 1.54) is 16.4 Å². The van der Waals surface area contributed by atoms with Crippen molar-refractivity contribution in [1.82, 2.24) is 4.31 Å². The molecule has 7 heteroatoms. The molecular weight excluding hydrogens is 260 g/mol. The Hall–Kier alpha value is -0.760. The van der Waals surface area contributed by atoms with Gasteiger partial charge in [-0.1, -0.05) is 6.07 Å². The highest BCUT2D eigenvalue weighted by Gasteiger charge is 2.26. The third kappa shape index (κ3) is 2.74. The third-order valence-corrected chi connectivity index (χ3v) is 5.41. The van der Waals surface area contributed by atoms with Crippen molar-refractivity contribution < 1.29 is 13.6 Å². The maximum atomic E-state index is 12.3. The Bertz CT molecular complexity index is 484. The molecule has 0 spiro atoms. The Morgan fingerprint density at radius 3 is 2.65 bits per heavy atom. The van der Waals surface area contributed by atoms with Crippen molar-refractivity contribution in [2.24, 2.45) is 0 Å². The van der Waals surface area contributed by atoms with E-state index in [9.17, 15) is 8.42 Å². The van der Waals surface area contributed by atoms with Gasteiger partial charge in [0.15, 0.2) is 0 Å². The fourth-order valence-corrected chi connectivity index (χ4v) is 4.28. The summed E-state index contributed by atoms with van der Waals surface area (Å²) in [7, 11) is -3.43. The molecule has 5 nitrogen and oxygen atoms in total. The zero-order chi connectivity index (χ0) is 12.3. The first-order valence-corrected chi connectivity index (χ1v) is 7.82. The van der Waals surface area contributed by atoms with Crippen LogP contribution in [0.4, 0.5) is 5.69 Å². The largest absolute Gasteiger partial charge is 0.291 e. The van der Waals surface area contributed by atoms with Gasteiger partial charge in [-0.05, 0) is 18.2 Å². The van der Waals surface area contributed by atoms with Gasteiger partial charge >= 0.3 is 0 Å². The molecule has 17 heavy (non-hydrogen) atoms. The molecule has 0 atom stereocenters. The second-order valence-electron chi connectivity index (χ2n) is 3.66. The van der Waals surface area contributed by atoms with Crippen molar-refractivity contribution >= 4 is 27.5 Å².